The SMILES string of the molecule is CC(C)C(C)CNC(=O)CC1CNC1. The second-order valence-electron chi connectivity index (χ2n) is 4.75. The molecule has 1 aliphatic heterocycles. The molecule has 3 nitrogen and oxygen atoms in total. The number of rotatable bonds is 5. The van der Waals surface area contributed by atoms with Crippen LogP contribution in [0.4, 0.5) is 0 Å². The maximum Gasteiger partial charge on any atom is 0.220 e. The molecule has 1 aliphatic rings. The molecular formula is C11H22N2O. The van der Waals surface area contributed by atoms with E-state index >= 15 is 0 Å². The van der Waals surface area contributed by atoms with Crippen LogP contribution < -0.4 is 10.6 Å². The van der Waals surface area contributed by atoms with Crippen molar-refractivity contribution >= 4 is 5.91 Å². The molecule has 3 heteroatoms. The van der Waals surface area contributed by atoms with Gasteiger partial charge >= 0.3 is 0 Å². The largest absolute Gasteiger partial charge is 0.356 e. The van der Waals surface area contributed by atoms with Crippen LogP contribution in [0.25, 0.3) is 0 Å². The number of hydrogen-bond acceptors (Lipinski definition) is 2. The molecule has 82 valence electrons. The van der Waals surface area contributed by atoms with E-state index in [0.717, 1.165) is 19.6 Å². The summed E-state index contributed by atoms with van der Waals surface area (Å²) < 4.78 is 0. The van der Waals surface area contributed by atoms with E-state index in [4.69, 9.17) is 0 Å². The first-order valence-electron chi connectivity index (χ1n) is 5.57. The normalized spacial score (nSPS) is 19.1. The Hall–Kier alpha value is -0.570. The Bertz CT molecular complexity index is 188. The van der Waals surface area contributed by atoms with Gasteiger partial charge in [0.05, 0.1) is 0 Å². The molecule has 0 aromatic carbocycles. The van der Waals surface area contributed by atoms with Crippen LogP contribution in [0.15, 0.2) is 0 Å². The molecule has 1 unspecified atom stereocenters. The molecule has 2 N–H and O–H groups in total. The van der Waals surface area contributed by atoms with Crippen molar-refractivity contribution in [1.29, 1.82) is 0 Å². The number of nitrogens with one attached hydrogen (secondary N) is 2. The van der Waals surface area contributed by atoms with Crippen molar-refractivity contribution in [1.82, 2.24) is 10.6 Å². The Balaban J connectivity index is 2.07. The Labute approximate surface area is 86.6 Å². The van der Waals surface area contributed by atoms with E-state index in [-0.39, 0.29) is 5.91 Å². The minimum absolute atomic E-state index is 0.212. The maximum absolute atomic E-state index is 11.4. The first kappa shape index (κ1) is 11.5. The highest BCUT2D eigenvalue weighted by molar-refractivity contribution is 5.76. The average molecular weight is 198 g/mol. The molecule has 14 heavy (non-hydrogen) atoms. The summed E-state index contributed by atoms with van der Waals surface area (Å²) in [7, 11) is 0. The molecule has 0 radical (unpaired) electrons. The summed E-state index contributed by atoms with van der Waals surface area (Å²) in [6.07, 6.45) is 0.692. The van der Waals surface area contributed by atoms with Gasteiger partial charge in [-0.2, -0.15) is 0 Å². The number of carbonyl (C=O) groups is 1. The fraction of sp³-hybridized carbons (Fsp3) is 0.909. The van der Waals surface area contributed by atoms with Crippen molar-refractivity contribution in [2.45, 2.75) is 27.2 Å². The summed E-state index contributed by atoms with van der Waals surface area (Å²) in [5, 5.41) is 6.17. The molecule has 1 amide bonds. The number of amides is 1. The van der Waals surface area contributed by atoms with Gasteiger partial charge in [-0.05, 0) is 30.8 Å². The van der Waals surface area contributed by atoms with E-state index in [1.54, 1.807) is 0 Å². The van der Waals surface area contributed by atoms with Crippen LogP contribution in [0.2, 0.25) is 0 Å². The summed E-state index contributed by atoms with van der Waals surface area (Å²) in [6.45, 7) is 9.38. The van der Waals surface area contributed by atoms with E-state index in [1.165, 1.54) is 0 Å². The van der Waals surface area contributed by atoms with Crippen LogP contribution in [0, 0.1) is 17.8 Å². The first-order valence-corrected chi connectivity index (χ1v) is 5.57. The van der Waals surface area contributed by atoms with Gasteiger partial charge in [-0.1, -0.05) is 20.8 Å². The fourth-order valence-electron chi connectivity index (χ4n) is 1.34. The second-order valence-corrected chi connectivity index (χ2v) is 4.75. The highest BCUT2D eigenvalue weighted by atomic mass is 16.1. The molecule has 1 saturated heterocycles. The predicted octanol–water partition coefficient (Wildman–Crippen LogP) is 1.00. The lowest BCUT2D eigenvalue weighted by molar-refractivity contribution is -0.122. The van der Waals surface area contributed by atoms with Crippen LogP contribution in [-0.2, 0) is 4.79 Å². The quantitative estimate of drug-likeness (QED) is 0.692. The number of hydrogen-bond donors (Lipinski definition) is 2. The maximum atomic E-state index is 11.4. The highest BCUT2D eigenvalue weighted by Gasteiger charge is 2.20. The topological polar surface area (TPSA) is 41.1 Å². The molecule has 1 fully saturated rings. The molecule has 1 atom stereocenters. The molecule has 0 aromatic heterocycles. The van der Waals surface area contributed by atoms with Crippen LogP contribution in [0.3, 0.4) is 0 Å². The standard InChI is InChI=1S/C11H22N2O/c1-8(2)9(3)5-13-11(14)4-10-6-12-7-10/h8-10,12H,4-7H2,1-3H3,(H,13,14). The minimum atomic E-state index is 0.212. The Kier molecular flexibility index (Phi) is 4.39. The zero-order valence-corrected chi connectivity index (χ0v) is 9.47. The van der Waals surface area contributed by atoms with Crippen LogP contribution in [0.1, 0.15) is 27.2 Å². The van der Waals surface area contributed by atoms with Crippen molar-refractivity contribution < 1.29 is 4.79 Å². The van der Waals surface area contributed by atoms with Crippen molar-refractivity contribution in [3.8, 4) is 0 Å². The van der Waals surface area contributed by atoms with Gasteiger partial charge in [0.2, 0.25) is 5.91 Å². The van der Waals surface area contributed by atoms with E-state index < -0.39 is 0 Å². The van der Waals surface area contributed by atoms with Gasteiger partial charge in [0.15, 0.2) is 0 Å². The third-order valence-electron chi connectivity index (χ3n) is 3.10. The summed E-state index contributed by atoms with van der Waals surface area (Å²) in [5.41, 5.74) is 0. The fourth-order valence-corrected chi connectivity index (χ4v) is 1.34. The van der Waals surface area contributed by atoms with E-state index in [2.05, 4.69) is 31.4 Å². The molecule has 0 saturated carbocycles. The molecule has 0 aliphatic carbocycles. The molecular weight excluding hydrogens is 176 g/mol. The van der Waals surface area contributed by atoms with Gasteiger partial charge in [0, 0.05) is 13.0 Å². The molecule has 1 rings (SSSR count). The van der Waals surface area contributed by atoms with Crippen molar-refractivity contribution in [3.63, 3.8) is 0 Å². The molecule has 0 aromatic rings. The van der Waals surface area contributed by atoms with E-state index in [9.17, 15) is 4.79 Å². The summed E-state index contributed by atoms with van der Waals surface area (Å²) in [4.78, 5) is 11.4. The predicted molar refractivity (Wildman–Crippen MR) is 58.0 cm³/mol. The first-order chi connectivity index (χ1) is 6.59. The Morgan fingerprint density at radius 3 is 2.50 bits per heavy atom. The Morgan fingerprint density at radius 2 is 2.07 bits per heavy atom. The lowest BCUT2D eigenvalue weighted by Crippen LogP contribution is -2.45. The third-order valence-corrected chi connectivity index (χ3v) is 3.10. The van der Waals surface area contributed by atoms with Crippen molar-refractivity contribution in [2.75, 3.05) is 19.6 Å². The second kappa shape index (κ2) is 5.35. The summed E-state index contributed by atoms with van der Waals surface area (Å²) in [6, 6.07) is 0. The van der Waals surface area contributed by atoms with Gasteiger partial charge in [0.25, 0.3) is 0 Å². The van der Waals surface area contributed by atoms with Gasteiger partial charge in [-0.15, -0.1) is 0 Å². The highest BCUT2D eigenvalue weighted by Crippen LogP contribution is 2.10. The Morgan fingerprint density at radius 1 is 1.43 bits per heavy atom. The molecule has 1 heterocycles. The van der Waals surface area contributed by atoms with E-state index in [1.807, 2.05) is 0 Å². The van der Waals surface area contributed by atoms with Gasteiger partial charge < -0.3 is 10.6 Å². The monoisotopic (exact) mass is 198 g/mol. The zero-order valence-electron chi connectivity index (χ0n) is 9.47. The van der Waals surface area contributed by atoms with Crippen LogP contribution >= 0.6 is 0 Å². The summed E-state index contributed by atoms with van der Waals surface area (Å²) in [5.74, 6) is 1.99. The van der Waals surface area contributed by atoms with E-state index in [0.29, 0.717) is 24.2 Å². The van der Waals surface area contributed by atoms with Gasteiger partial charge in [0.1, 0.15) is 0 Å². The van der Waals surface area contributed by atoms with Crippen molar-refractivity contribution in [2.24, 2.45) is 17.8 Å². The van der Waals surface area contributed by atoms with Gasteiger partial charge in [-0.3, -0.25) is 4.79 Å². The van der Waals surface area contributed by atoms with Crippen molar-refractivity contribution in [3.05, 3.63) is 0 Å². The van der Waals surface area contributed by atoms with Gasteiger partial charge in [-0.25, -0.2) is 0 Å². The summed E-state index contributed by atoms with van der Waals surface area (Å²) >= 11 is 0. The molecule has 0 bridgehead atoms. The smallest absolute Gasteiger partial charge is 0.220 e. The lowest BCUT2D eigenvalue weighted by atomic mass is 9.97. The minimum Gasteiger partial charge on any atom is -0.356 e. The average Bonchev–Trinajstić information content (AvgIpc) is 2.07. The zero-order chi connectivity index (χ0) is 10.6. The van der Waals surface area contributed by atoms with Crippen LogP contribution in [-0.4, -0.2) is 25.5 Å². The lowest BCUT2D eigenvalue weighted by Gasteiger charge is -2.26. The number of carbonyl (C=O) groups excluding carboxylic acids is 1. The molecule has 0 spiro atoms. The third kappa shape index (κ3) is 3.66. The van der Waals surface area contributed by atoms with Crippen LogP contribution in [0.5, 0.6) is 0 Å².